The average molecular weight is 563 g/mol. The Hall–Kier alpha value is -3.80. The van der Waals surface area contributed by atoms with Crippen LogP contribution in [0.25, 0.3) is 0 Å². The molecule has 3 aromatic carbocycles. The molecule has 1 unspecified atom stereocenters. The van der Waals surface area contributed by atoms with Crippen LogP contribution in [0, 0.1) is 0 Å². The number of hydrogen-bond donors (Lipinski definition) is 3. The Labute approximate surface area is 227 Å². The highest BCUT2D eigenvalue weighted by atomic mass is 35.5. The van der Waals surface area contributed by atoms with Gasteiger partial charge in [-0.25, -0.2) is 4.79 Å². The number of hydrogen-bond acceptors (Lipinski definition) is 5. The second-order valence-electron chi connectivity index (χ2n) is 8.81. The highest BCUT2D eigenvalue weighted by molar-refractivity contribution is 6.31. The lowest BCUT2D eigenvalue weighted by Crippen LogP contribution is -2.40. The number of benzene rings is 3. The molecule has 206 valence electrons. The number of halogens is 4. The third-order valence-electron chi connectivity index (χ3n) is 6.00. The van der Waals surface area contributed by atoms with E-state index in [0.717, 1.165) is 17.7 Å². The van der Waals surface area contributed by atoms with Gasteiger partial charge in [-0.3, -0.25) is 9.69 Å². The Morgan fingerprint density at radius 3 is 2.31 bits per heavy atom. The highest BCUT2D eigenvalue weighted by Crippen LogP contribution is 2.36. The van der Waals surface area contributed by atoms with Crippen molar-refractivity contribution < 1.29 is 32.2 Å². The normalized spacial score (nSPS) is 14.9. The zero-order valence-electron chi connectivity index (χ0n) is 20.6. The Kier molecular flexibility index (Phi) is 8.95. The van der Waals surface area contributed by atoms with Crippen LogP contribution in [-0.2, 0) is 15.7 Å². The minimum atomic E-state index is -4.65. The summed E-state index contributed by atoms with van der Waals surface area (Å²) in [6.07, 6.45) is -4.48. The van der Waals surface area contributed by atoms with Crippen molar-refractivity contribution in [2.45, 2.75) is 18.6 Å². The van der Waals surface area contributed by atoms with Crippen molar-refractivity contribution >= 4 is 34.9 Å². The molecule has 4 rings (SSSR count). The lowest BCUT2D eigenvalue weighted by Gasteiger charge is -2.34. The summed E-state index contributed by atoms with van der Waals surface area (Å²) in [5.74, 6) is 0.641. The first-order chi connectivity index (χ1) is 18.6. The average Bonchev–Trinajstić information content (AvgIpc) is 2.89. The molecule has 1 fully saturated rings. The Bertz CT molecular complexity index is 1320. The lowest BCUT2D eigenvalue weighted by molar-refractivity contribution is -0.137. The van der Waals surface area contributed by atoms with Crippen LogP contribution in [0.2, 0.25) is 5.02 Å². The van der Waals surface area contributed by atoms with Gasteiger partial charge in [-0.1, -0.05) is 23.7 Å². The van der Waals surface area contributed by atoms with Crippen molar-refractivity contribution in [1.82, 2.24) is 4.90 Å². The van der Waals surface area contributed by atoms with Crippen LogP contribution in [-0.4, -0.2) is 43.1 Å². The molecule has 0 aliphatic carbocycles. The molecular weight excluding hydrogens is 537 g/mol. The van der Waals surface area contributed by atoms with Crippen LogP contribution >= 0.6 is 11.6 Å². The SMILES string of the molecule is NC(=O)CC(c1cccc(Oc2ccc(NC(=O)Nc3ccc(Cl)c(C(F)(F)F)c3)cc2)c1)N1CCOCC1. The fraction of sp³-hybridized carbons (Fsp3) is 0.259. The fourth-order valence-electron chi connectivity index (χ4n) is 4.18. The number of nitrogens with one attached hydrogen (secondary N) is 2. The minimum Gasteiger partial charge on any atom is -0.457 e. The van der Waals surface area contributed by atoms with Crippen LogP contribution in [0.1, 0.15) is 23.6 Å². The molecule has 1 heterocycles. The van der Waals surface area contributed by atoms with Gasteiger partial charge in [0.25, 0.3) is 0 Å². The summed E-state index contributed by atoms with van der Waals surface area (Å²) >= 11 is 5.61. The van der Waals surface area contributed by atoms with E-state index in [2.05, 4.69) is 15.5 Å². The summed E-state index contributed by atoms with van der Waals surface area (Å²) in [6, 6.07) is 16.0. The highest BCUT2D eigenvalue weighted by Gasteiger charge is 2.33. The summed E-state index contributed by atoms with van der Waals surface area (Å²) in [7, 11) is 0. The van der Waals surface area contributed by atoms with E-state index < -0.39 is 28.7 Å². The van der Waals surface area contributed by atoms with E-state index in [4.69, 9.17) is 26.8 Å². The number of morpholine rings is 1. The molecule has 0 radical (unpaired) electrons. The minimum absolute atomic E-state index is 0.0595. The second-order valence-corrected chi connectivity index (χ2v) is 9.21. The van der Waals surface area contributed by atoms with Gasteiger partial charge in [0.1, 0.15) is 11.5 Å². The van der Waals surface area contributed by atoms with Gasteiger partial charge in [0.2, 0.25) is 5.91 Å². The van der Waals surface area contributed by atoms with Crippen molar-refractivity contribution in [1.29, 1.82) is 0 Å². The van der Waals surface area contributed by atoms with Crippen molar-refractivity contribution in [3.63, 3.8) is 0 Å². The fourth-order valence-corrected chi connectivity index (χ4v) is 4.40. The summed E-state index contributed by atoms with van der Waals surface area (Å²) in [4.78, 5) is 26.2. The van der Waals surface area contributed by atoms with Gasteiger partial charge >= 0.3 is 12.2 Å². The van der Waals surface area contributed by atoms with Gasteiger partial charge in [0.15, 0.2) is 0 Å². The summed E-state index contributed by atoms with van der Waals surface area (Å²) in [5.41, 5.74) is 5.69. The molecule has 1 atom stereocenters. The number of urea groups is 1. The van der Waals surface area contributed by atoms with Crippen molar-refractivity contribution in [2.75, 3.05) is 36.9 Å². The van der Waals surface area contributed by atoms with E-state index in [9.17, 15) is 22.8 Å². The van der Waals surface area contributed by atoms with Gasteiger partial charge in [-0.05, 0) is 60.2 Å². The molecule has 1 aliphatic heterocycles. The number of anilines is 2. The zero-order chi connectivity index (χ0) is 28.0. The van der Waals surface area contributed by atoms with E-state index in [1.165, 1.54) is 6.07 Å². The van der Waals surface area contributed by atoms with Gasteiger partial charge in [-0.2, -0.15) is 13.2 Å². The molecule has 0 bridgehead atoms. The Morgan fingerprint density at radius 1 is 0.974 bits per heavy atom. The molecule has 0 saturated carbocycles. The van der Waals surface area contributed by atoms with Gasteiger partial charge in [-0.15, -0.1) is 0 Å². The quantitative estimate of drug-likeness (QED) is 0.310. The topological polar surface area (TPSA) is 106 Å². The van der Waals surface area contributed by atoms with Crippen LogP contribution in [0.15, 0.2) is 66.7 Å². The Morgan fingerprint density at radius 2 is 1.64 bits per heavy atom. The molecule has 12 heteroatoms. The van der Waals surface area contributed by atoms with Crippen LogP contribution < -0.4 is 21.1 Å². The Balaban J connectivity index is 1.39. The van der Waals surface area contributed by atoms with E-state index in [-0.39, 0.29) is 18.2 Å². The molecule has 39 heavy (non-hydrogen) atoms. The number of rotatable bonds is 8. The molecule has 0 spiro atoms. The molecule has 3 amide bonds. The second kappa shape index (κ2) is 12.4. The molecule has 0 aromatic heterocycles. The monoisotopic (exact) mass is 562 g/mol. The summed E-state index contributed by atoms with van der Waals surface area (Å²) in [5, 5.41) is 4.45. The number of ether oxygens (including phenoxy) is 2. The molecule has 4 N–H and O–H groups in total. The van der Waals surface area contributed by atoms with Crippen molar-refractivity contribution in [2.24, 2.45) is 5.73 Å². The molecule has 8 nitrogen and oxygen atoms in total. The maximum atomic E-state index is 13.1. The molecule has 3 aromatic rings. The van der Waals surface area contributed by atoms with Crippen LogP contribution in [0.4, 0.5) is 29.3 Å². The van der Waals surface area contributed by atoms with Crippen LogP contribution in [0.5, 0.6) is 11.5 Å². The van der Waals surface area contributed by atoms with Crippen molar-refractivity contribution in [3.05, 3.63) is 82.9 Å². The number of carbonyl (C=O) groups excluding carboxylic acids is 2. The largest absolute Gasteiger partial charge is 0.457 e. The maximum Gasteiger partial charge on any atom is 0.417 e. The van der Waals surface area contributed by atoms with E-state index in [0.29, 0.717) is 43.5 Å². The van der Waals surface area contributed by atoms with Crippen molar-refractivity contribution in [3.8, 4) is 11.5 Å². The lowest BCUT2D eigenvalue weighted by atomic mass is 10.0. The number of nitrogens with two attached hydrogens (primary N) is 1. The van der Waals surface area contributed by atoms with E-state index >= 15 is 0 Å². The first-order valence-corrected chi connectivity index (χ1v) is 12.4. The maximum absolute atomic E-state index is 13.1. The predicted octanol–water partition coefficient (Wildman–Crippen LogP) is 6.04. The number of primary amides is 1. The van der Waals surface area contributed by atoms with Crippen LogP contribution in [0.3, 0.4) is 0 Å². The number of carbonyl (C=O) groups is 2. The van der Waals surface area contributed by atoms with Gasteiger partial charge in [0.05, 0.1) is 23.8 Å². The smallest absolute Gasteiger partial charge is 0.417 e. The van der Waals surface area contributed by atoms with E-state index in [1.807, 2.05) is 18.2 Å². The third-order valence-corrected chi connectivity index (χ3v) is 6.33. The summed E-state index contributed by atoms with van der Waals surface area (Å²) in [6.45, 7) is 2.54. The third kappa shape index (κ3) is 7.85. The van der Waals surface area contributed by atoms with E-state index in [1.54, 1.807) is 30.3 Å². The molecular formula is C27H26ClF3N4O4. The first-order valence-electron chi connectivity index (χ1n) is 12.0. The zero-order valence-corrected chi connectivity index (χ0v) is 21.4. The number of alkyl halides is 3. The standard InChI is InChI=1S/C27H26ClF3N4O4/c28-23-9-6-19(15-22(23)27(29,30)31)34-26(37)33-18-4-7-20(8-5-18)39-21-3-1-2-17(14-21)24(16-25(32)36)35-10-12-38-13-11-35/h1-9,14-15,24H,10-13,16H2,(H2,32,36)(H2,33,34,37). The molecule has 1 saturated heterocycles. The predicted molar refractivity (Wildman–Crippen MR) is 141 cm³/mol. The number of amides is 3. The number of nitrogens with zero attached hydrogens (tertiary/aromatic N) is 1. The molecule has 1 aliphatic rings. The summed E-state index contributed by atoms with van der Waals surface area (Å²) < 4.78 is 50.5. The first kappa shape index (κ1) is 28.2. The van der Waals surface area contributed by atoms with Gasteiger partial charge < -0.3 is 25.8 Å². The van der Waals surface area contributed by atoms with Gasteiger partial charge in [0, 0.05) is 36.9 Å².